The molecular weight excluding hydrogens is 532 g/mol. The molecule has 3 aromatic rings. The number of nitrogens with one attached hydrogen (secondary N) is 1. The number of anilines is 1. The second-order valence-electron chi connectivity index (χ2n) is 7.88. The van der Waals surface area contributed by atoms with E-state index in [-0.39, 0.29) is 34.0 Å². The highest BCUT2D eigenvalue weighted by molar-refractivity contribution is 7.98. The van der Waals surface area contributed by atoms with E-state index >= 15 is 0 Å². The van der Waals surface area contributed by atoms with Gasteiger partial charge >= 0.3 is 17.9 Å². The number of thiophene rings is 1. The summed E-state index contributed by atoms with van der Waals surface area (Å²) < 4.78 is 17.2. The van der Waals surface area contributed by atoms with Gasteiger partial charge in [0.2, 0.25) is 0 Å². The number of amides is 1. The first kappa shape index (κ1) is 28.9. The van der Waals surface area contributed by atoms with Crippen LogP contribution in [0.1, 0.15) is 62.0 Å². The van der Waals surface area contributed by atoms with Crippen LogP contribution in [0.5, 0.6) is 0 Å². The molecule has 0 aliphatic carbocycles. The van der Waals surface area contributed by atoms with Gasteiger partial charge in [-0.25, -0.2) is 14.4 Å². The number of aryl methyl sites for hydroxylation is 1. The number of hydrogen-bond acceptors (Lipinski definition) is 11. The van der Waals surface area contributed by atoms with Gasteiger partial charge in [0.1, 0.15) is 15.7 Å². The van der Waals surface area contributed by atoms with E-state index in [0.717, 1.165) is 17.0 Å². The number of rotatable bonds is 10. The molecule has 0 aliphatic rings. The van der Waals surface area contributed by atoms with Crippen LogP contribution in [0.4, 0.5) is 5.00 Å². The standard InChI is InChI=1S/C25H28N4O7S2/c1-7-17(20(30)26-21-18(23(32)34-5)13(3)19(38-21)24(33)35-8-2)36-22(31)15-9-11-16(12-10-15)29-14(4)27-28-25(29)37-6/h9-12,17H,7-8H2,1-6H3,(H,26,30). The number of esters is 3. The predicted octanol–water partition coefficient (Wildman–Crippen LogP) is 4.20. The van der Waals surface area contributed by atoms with Gasteiger partial charge in [0.05, 0.1) is 24.8 Å². The zero-order valence-corrected chi connectivity index (χ0v) is 23.4. The lowest BCUT2D eigenvalue weighted by atomic mass is 10.1. The third-order valence-corrected chi connectivity index (χ3v) is 7.30. The number of carbonyl (C=O) groups excluding carboxylic acids is 4. The first-order valence-corrected chi connectivity index (χ1v) is 13.7. The quantitative estimate of drug-likeness (QED) is 0.218. The molecule has 202 valence electrons. The van der Waals surface area contributed by atoms with E-state index in [4.69, 9.17) is 14.2 Å². The number of methoxy groups -OCH3 is 1. The van der Waals surface area contributed by atoms with Crippen LogP contribution in [0.2, 0.25) is 0 Å². The fourth-order valence-electron chi connectivity index (χ4n) is 3.57. The smallest absolute Gasteiger partial charge is 0.348 e. The monoisotopic (exact) mass is 560 g/mol. The number of carbonyl (C=O) groups is 4. The molecule has 3 rings (SSSR count). The number of nitrogens with zero attached hydrogens (tertiary/aromatic N) is 3. The van der Waals surface area contributed by atoms with Crippen LogP contribution in [0.3, 0.4) is 0 Å². The molecule has 1 amide bonds. The minimum atomic E-state index is -1.15. The highest BCUT2D eigenvalue weighted by atomic mass is 32.2. The van der Waals surface area contributed by atoms with Crippen LogP contribution < -0.4 is 5.32 Å². The maximum absolute atomic E-state index is 13.0. The van der Waals surface area contributed by atoms with Gasteiger partial charge in [0, 0.05) is 5.69 Å². The SMILES string of the molecule is CCOC(=O)c1sc(NC(=O)C(CC)OC(=O)c2ccc(-n3c(C)nnc3SC)cc2)c(C(=O)OC)c1C. The Bertz CT molecular complexity index is 1350. The number of ether oxygens (including phenoxy) is 3. The molecule has 13 heteroatoms. The molecular formula is C25H28N4O7S2. The summed E-state index contributed by atoms with van der Waals surface area (Å²) in [5.74, 6) is -1.97. The van der Waals surface area contributed by atoms with Crippen molar-refractivity contribution < 1.29 is 33.4 Å². The van der Waals surface area contributed by atoms with E-state index in [2.05, 4.69) is 15.5 Å². The predicted molar refractivity (Wildman–Crippen MR) is 142 cm³/mol. The Hall–Kier alpha value is -3.71. The van der Waals surface area contributed by atoms with E-state index in [1.54, 1.807) is 45.0 Å². The number of benzene rings is 1. The van der Waals surface area contributed by atoms with Gasteiger partial charge in [0.25, 0.3) is 5.91 Å². The third kappa shape index (κ3) is 6.05. The normalized spacial score (nSPS) is 11.5. The second-order valence-corrected chi connectivity index (χ2v) is 9.67. The van der Waals surface area contributed by atoms with Crippen molar-refractivity contribution in [2.75, 3.05) is 25.3 Å². The van der Waals surface area contributed by atoms with Crippen LogP contribution in [-0.4, -0.2) is 64.7 Å². The Kier molecular flexibility index (Phi) is 9.64. The molecule has 1 unspecified atom stereocenters. The van der Waals surface area contributed by atoms with E-state index < -0.39 is 29.9 Å². The van der Waals surface area contributed by atoms with Gasteiger partial charge in [-0.05, 0) is 63.3 Å². The molecule has 0 radical (unpaired) electrons. The van der Waals surface area contributed by atoms with E-state index in [1.807, 2.05) is 17.7 Å². The molecule has 0 fully saturated rings. The second kappa shape index (κ2) is 12.7. The Morgan fingerprint density at radius 3 is 2.32 bits per heavy atom. The van der Waals surface area contributed by atoms with Crippen molar-refractivity contribution in [1.29, 1.82) is 0 Å². The van der Waals surface area contributed by atoms with Crippen LogP contribution in [0.15, 0.2) is 29.4 Å². The van der Waals surface area contributed by atoms with Gasteiger partial charge in [-0.3, -0.25) is 9.36 Å². The van der Waals surface area contributed by atoms with Gasteiger partial charge in [0.15, 0.2) is 11.3 Å². The highest BCUT2D eigenvalue weighted by Gasteiger charge is 2.29. The molecule has 2 aromatic heterocycles. The van der Waals surface area contributed by atoms with Gasteiger partial charge in [-0.2, -0.15) is 0 Å². The lowest BCUT2D eigenvalue weighted by molar-refractivity contribution is -0.124. The Morgan fingerprint density at radius 1 is 1.05 bits per heavy atom. The first-order valence-electron chi connectivity index (χ1n) is 11.6. The maximum Gasteiger partial charge on any atom is 0.348 e. The minimum Gasteiger partial charge on any atom is -0.465 e. The molecule has 0 aliphatic heterocycles. The van der Waals surface area contributed by atoms with Crippen molar-refractivity contribution in [2.45, 2.75) is 45.4 Å². The summed E-state index contributed by atoms with van der Waals surface area (Å²) in [5.41, 5.74) is 1.40. The van der Waals surface area contributed by atoms with E-state index in [0.29, 0.717) is 16.5 Å². The average molecular weight is 561 g/mol. The van der Waals surface area contributed by atoms with Crippen molar-refractivity contribution in [3.05, 3.63) is 51.7 Å². The third-order valence-electron chi connectivity index (χ3n) is 5.49. The van der Waals surface area contributed by atoms with Crippen molar-refractivity contribution in [1.82, 2.24) is 14.8 Å². The van der Waals surface area contributed by atoms with Gasteiger partial charge in [-0.15, -0.1) is 21.5 Å². The molecule has 0 spiro atoms. The molecule has 0 bridgehead atoms. The topological polar surface area (TPSA) is 139 Å². The first-order chi connectivity index (χ1) is 18.2. The summed E-state index contributed by atoms with van der Waals surface area (Å²) in [6.07, 6.45) is 0.921. The van der Waals surface area contributed by atoms with Crippen LogP contribution >= 0.6 is 23.1 Å². The molecule has 1 N–H and O–H groups in total. The van der Waals surface area contributed by atoms with Crippen LogP contribution in [0.25, 0.3) is 5.69 Å². The largest absolute Gasteiger partial charge is 0.465 e. The Balaban J connectivity index is 1.78. The molecule has 0 saturated carbocycles. The summed E-state index contributed by atoms with van der Waals surface area (Å²) in [6, 6.07) is 6.66. The molecule has 2 heterocycles. The summed E-state index contributed by atoms with van der Waals surface area (Å²) >= 11 is 2.34. The average Bonchev–Trinajstić information content (AvgIpc) is 3.45. The van der Waals surface area contributed by atoms with Gasteiger partial charge in [-0.1, -0.05) is 18.7 Å². The summed E-state index contributed by atoms with van der Waals surface area (Å²) in [4.78, 5) is 50.7. The highest BCUT2D eigenvalue weighted by Crippen LogP contribution is 2.34. The van der Waals surface area contributed by atoms with Gasteiger partial charge < -0.3 is 19.5 Å². The van der Waals surface area contributed by atoms with Crippen LogP contribution in [-0.2, 0) is 19.0 Å². The van der Waals surface area contributed by atoms with E-state index in [1.165, 1.54) is 18.9 Å². The Labute approximate surface area is 227 Å². The fourth-order valence-corrected chi connectivity index (χ4v) is 5.21. The number of thioether (sulfide) groups is 1. The fraction of sp³-hybridized carbons (Fsp3) is 0.360. The van der Waals surface area contributed by atoms with Crippen molar-refractivity contribution in [2.24, 2.45) is 0 Å². The van der Waals surface area contributed by atoms with Crippen LogP contribution in [0, 0.1) is 13.8 Å². The van der Waals surface area contributed by atoms with Crippen molar-refractivity contribution in [3.8, 4) is 5.69 Å². The molecule has 1 aromatic carbocycles. The zero-order valence-electron chi connectivity index (χ0n) is 21.8. The Morgan fingerprint density at radius 2 is 1.74 bits per heavy atom. The van der Waals surface area contributed by atoms with Crippen molar-refractivity contribution in [3.63, 3.8) is 0 Å². The zero-order chi connectivity index (χ0) is 28.0. The molecule has 11 nitrogen and oxygen atoms in total. The molecule has 1 atom stereocenters. The van der Waals surface area contributed by atoms with E-state index in [9.17, 15) is 19.2 Å². The summed E-state index contributed by atoms with van der Waals surface area (Å²) in [5, 5.41) is 11.6. The van der Waals surface area contributed by atoms with Crippen molar-refractivity contribution >= 4 is 51.9 Å². The summed E-state index contributed by atoms with van der Waals surface area (Å²) in [6.45, 7) is 6.89. The number of aromatic nitrogens is 3. The maximum atomic E-state index is 13.0. The minimum absolute atomic E-state index is 0.0413. The lowest BCUT2D eigenvalue weighted by Crippen LogP contribution is -2.32. The molecule has 38 heavy (non-hydrogen) atoms. The lowest BCUT2D eigenvalue weighted by Gasteiger charge is -2.16. The summed E-state index contributed by atoms with van der Waals surface area (Å²) in [7, 11) is 1.20. The number of hydrogen-bond donors (Lipinski definition) is 1. The molecule has 0 saturated heterocycles.